The number of hydrogen-bond acceptors (Lipinski definition) is 2. The Labute approximate surface area is 115 Å². The van der Waals surface area contributed by atoms with E-state index in [9.17, 15) is 0 Å². The molecule has 2 unspecified atom stereocenters. The Hall–Kier alpha value is -1.38. The molecule has 2 nitrogen and oxygen atoms in total. The van der Waals surface area contributed by atoms with E-state index in [2.05, 4.69) is 48.5 Å². The third-order valence-electron chi connectivity index (χ3n) is 4.39. The fraction of sp³-hybridized carbons (Fsp3) is 0.412. The zero-order valence-electron chi connectivity index (χ0n) is 11.3. The highest BCUT2D eigenvalue weighted by molar-refractivity contribution is 5.31. The zero-order chi connectivity index (χ0) is 13.1. The van der Waals surface area contributed by atoms with Gasteiger partial charge in [0, 0.05) is 19.0 Å². The van der Waals surface area contributed by atoms with Crippen molar-refractivity contribution >= 4 is 0 Å². The molecule has 2 heteroatoms. The molecule has 0 aromatic heterocycles. The summed E-state index contributed by atoms with van der Waals surface area (Å²) in [7, 11) is 0. The van der Waals surface area contributed by atoms with E-state index in [-0.39, 0.29) is 0 Å². The molecule has 1 aliphatic carbocycles. The lowest BCUT2D eigenvalue weighted by atomic mass is 9.88. The molecule has 100 valence electrons. The first kappa shape index (κ1) is 12.6. The summed E-state index contributed by atoms with van der Waals surface area (Å²) in [6, 6.07) is 17.3. The molecule has 2 N–H and O–H groups in total. The van der Waals surface area contributed by atoms with Gasteiger partial charge in [0.1, 0.15) is 0 Å². The average molecular weight is 254 g/mol. The van der Waals surface area contributed by atoms with Gasteiger partial charge in [-0.15, -0.1) is 0 Å². The van der Waals surface area contributed by atoms with Gasteiger partial charge < -0.3 is 0 Å². The van der Waals surface area contributed by atoms with Crippen LogP contribution >= 0.6 is 0 Å². The van der Waals surface area contributed by atoms with E-state index in [1.165, 1.54) is 30.4 Å². The molecule has 0 radical (unpaired) electrons. The van der Waals surface area contributed by atoms with Gasteiger partial charge in [0.2, 0.25) is 0 Å². The summed E-state index contributed by atoms with van der Waals surface area (Å²) in [5.74, 6) is 7.38. The third kappa shape index (κ3) is 2.80. The molecule has 2 aliphatic rings. The maximum Gasteiger partial charge on any atom is 0.0200 e. The number of nitrogens with zero attached hydrogens (tertiary/aromatic N) is 1. The molecule has 1 aromatic carbocycles. The molecule has 0 spiro atoms. The van der Waals surface area contributed by atoms with E-state index in [4.69, 9.17) is 5.84 Å². The van der Waals surface area contributed by atoms with Gasteiger partial charge in [-0.25, -0.2) is 5.01 Å². The van der Waals surface area contributed by atoms with Gasteiger partial charge in [-0.05, 0) is 36.3 Å². The van der Waals surface area contributed by atoms with Gasteiger partial charge in [0.25, 0.3) is 0 Å². The van der Waals surface area contributed by atoms with E-state index < -0.39 is 0 Å². The fourth-order valence-electron chi connectivity index (χ4n) is 3.48. The molecular weight excluding hydrogens is 232 g/mol. The van der Waals surface area contributed by atoms with E-state index in [1.807, 2.05) is 5.01 Å². The van der Waals surface area contributed by atoms with E-state index in [0.717, 1.165) is 19.0 Å². The average Bonchev–Trinajstić information content (AvgIpc) is 2.69. The van der Waals surface area contributed by atoms with Gasteiger partial charge in [-0.1, -0.05) is 48.5 Å². The van der Waals surface area contributed by atoms with Crippen LogP contribution in [0.15, 0.2) is 48.5 Å². The molecule has 3 rings (SSSR count). The summed E-state index contributed by atoms with van der Waals surface area (Å²) in [6.45, 7) is 2.05. The van der Waals surface area contributed by atoms with Crippen molar-refractivity contribution in [1.29, 1.82) is 0 Å². The van der Waals surface area contributed by atoms with Crippen LogP contribution in [0.4, 0.5) is 0 Å². The number of nitrogens with two attached hydrogens (primary N) is 1. The lowest BCUT2D eigenvalue weighted by Crippen LogP contribution is -2.28. The second kappa shape index (κ2) is 5.72. The highest BCUT2D eigenvalue weighted by Gasteiger charge is 2.34. The Morgan fingerprint density at radius 3 is 2.53 bits per heavy atom. The van der Waals surface area contributed by atoms with Crippen molar-refractivity contribution in [3.05, 3.63) is 59.7 Å². The molecule has 1 saturated heterocycles. The zero-order valence-corrected chi connectivity index (χ0v) is 11.3. The number of hydrazine groups is 1. The van der Waals surface area contributed by atoms with Gasteiger partial charge in [-0.2, -0.15) is 0 Å². The van der Waals surface area contributed by atoms with Crippen LogP contribution in [0, 0.1) is 5.92 Å². The number of aryl methyl sites for hydroxylation is 1. The van der Waals surface area contributed by atoms with Gasteiger partial charge >= 0.3 is 0 Å². The molecule has 0 bridgehead atoms. The van der Waals surface area contributed by atoms with Crippen molar-refractivity contribution in [2.45, 2.75) is 25.2 Å². The standard InChI is InChI=1S/C17H22N2/c18-19-12-15-10-7-9-14-8-5-3-1-2-4-6-11-16(14)17(15)13-19/h1-6,8,11,15,17H,7,9-10,12-13,18H2. The van der Waals surface area contributed by atoms with Crippen molar-refractivity contribution < 1.29 is 0 Å². The van der Waals surface area contributed by atoms with Crippen LogP contribution in [-0.2, 0) is 6.42 Å². The van der Waals surface area contributed by atoms with Crippen molar-refractivity contribution in [1.82, 2.24) is 5.01 Å². The maximum absolute atomic E-state index is 6.04. The third-order valence-corrected chi connectivity index (χ3v) is 4.39. The molecule has 0 amide bonds. The second-order valence-electron chi connectivity index (χ2n) is 5.68. The first-order valence-electron chi connectivity index (χ1n) is 7.25. The molecule has 1 aliphatic heterocycles. The lowest BCUT2D eigenvalue weighted by molar-refractivity contribution is 0.332. The van der Waals surface area contributed by atoms with E-state index in [1.54, 1.807) is 0 Å². The van der Waals surface area contributed by atoms with Crippen LogP contribution in [0.1, 0.15) is 29.9 Å². The van der Waals surface area contributed by atoms with Crippen molar-refractivity contribution in [2.75, 3.05) is 13.1 Å². The maximum atomic E-state index is 6.04. The Morgan fingerprint density at radius 1 is 0.947 bits per heavy atom. The van der Waals surface area contributed by atoms with Crippen LogP contribution in [0.5, 0.6) is 0 Å². The summed E-state index contributed by atoms with van der Waals surface area (Å²) < 4.78 is 0. The Morgan fingerprint density at radius 2 is 1.68 bits per heavy atom. The molecule has 2 atom stereocenters. The predicted molar refractivity (Wildman–Crippen MR) is 79.0 cm³/mol. The summed E-state index contributed by atoms with van der Waals surface area (Å²) in [5.41, 5.74) is 3.01. The lowest BCUT2D eigenvalue weighted by Gasteiger charge is -2.16. The minimum atomic E-state index is 0.611. The summed E-state index contributed by atoms with van der Waals surface area (Å²) >= 11 is 0. The summed E-state index contributed by atoms with van der Waals surface area (Å²) in [5, 5.41) is 2.00. The monoisotopic (exact) mass is 254 g/mol. The number of hydrogen-bond donors (Lipinski definition) is 1. The van der Waals surface area contributed by atoms with E-state index >= 15 is 0 Å². The van der Waals surface area contributed by atoms with Crippen LogP contribution in [-0.4, -0.2) is 18.1 Å². The Kier molecular flexibility index (Phi) is 3.81. The van der Waals surface area contributed by atoms with E-state index in [0.29, 0.717) is 5.92 Å². The summed E-state index contributed by atoms with van der Waals surface area (Å²) in [4.78, 5) is 0. The van der Waals surface area contributed by atoms with Crippen molar-refractivity contribution in [2.24, 2.45) is 11.8 Å². The highest BCUT2D eigenvalue weighted by atomic mass is 15.4. The first-order chi connectivity index (χ1) is 9.34. The van der Waals surface area contributed by atoms with Crippen LogP contribution in [0.3, 0.4) is 0 Å². The van der Waals surface area contributed by atoms with Crippen molar-refractivity contribution in [3.63, 3.8) is 0 Å². The molecule has 1 heterocycles. The number of rotatable bonds is 0. The largest absolute Gasteiger partial charge is 0.269 e. The smallest absolute Gasteiger partial charge is 0.0200 e. The Bertz CT molecular complexity index is 496. The molecular formula is C17H22N2. The SMILES string of the molecule is NN1CC2CCCc3ccccccccc3C2C1. The topological polar surface area (TPSA) is 29.3 Å². The minimum Gasteiger partial charge on any atom is -0.269 e. The number of fused-ring (bicyclic) bond motifs is 3. The van der Waals surface area contributed by atoms with Gasteiger partial charge in [-0.3, -0.25) is 5.84 Å². The van der Waals surface area contributed by atoms with Crippen LogP contribution in [0.2, 0.25) is 0 Å². The summed E-state index contributed by atoms with van der Waals surface area (Å²) in [6.07, 6.45) is 3.79. The molecule has 1 aromatic rings. The van der Waals surface area contributed by atoms with Gasteiger partial charge in [0.05, 0.1) is 0 Å². The second-order valence-corrected chi connectivity index (χ2v) is 5.68. The minimum absolute atomic E-state index is 0.611. The first-order valence-corrected chi connectivity index (χ1v) is 7.25. The van der Waals surface area contributed by atoms with Crippen molar-refractivity contribution in [3.8, 4) is 0 Å². The van der Waals surface area contributed by atoms with Crippen LogP contribution < -0.4 is 5.84 Å². The Balaban J connectivity index is 2.09. The van der Waals surface area contributed by atoms with Crippen LogP contribution in [0.25, 0.3) is 0 Å². The fourth-order valence-corrected chi connectivity index (χ4v) is 3.48. The molecule has 0 saturated carbocycles. The molecule has 1 fully saturated rings. The highest BCUT2D eigenvalue weighted by Crippen LogP contribution is 2.38. The quantitative estimate of drug-likeness (QED) is 0.721. The normalized spacial score (nSPS) is 25.9. The predicted octanol–water partition coefficient (Wildman–Crippen LogP) is 3.04. The molecule has 19 heavy (non-hydrogen) atoms. The van der Waals surface area contributed by atoms with Gasteiger partial charge in [0.15, 0.2) is 0 Å².